The second kappa shape index (κ2) is 5.00. The first kappa shape index (κ1) is 12.2. The van der Waals surface area contributed by atoms with E-state index in [4.69, 9.17) is 9.47 Å². The standard InChI is InChI=1S/C12H10N4O4/c1-7-11(16-20-15-7)12(17)14-13-5-8-2-3-9-10(4-8)19-6-18-9/h2-5H,6H2,1H3,(H,14,17). The molecule has 1 aromatic carbocycles. The largest absolute Gasteiger partial charge is 0.454 e. The van der Waals surface area contributed by atoms with Gasteiger partial charge in [-0.15, -0.1) is 0 Å². The van der Waals surface area contributed by atoms with Crippen LogP contribution in [0.2, 0.25) is 0 Å². The fourth-order valence-electron chi connectivity index (χ4n) is 1.65. The molecule has 2 aromatic rings. The van der Waals surface area contributed by atoms with Gasteiger partial charge in [-0.3, -0.25) is 4.79 Å². The van der Waals surface area contributed by atoms with Crippen molar-refractivity contribution in [3.8, 4) is 11.5 Å². The van der Waals surface area contributed by atoms with Crippen molar-refractivity contribution in [3.63, 3.8) is 0 Å². The number of fused-ring (bicyclic) bond motifs is 1. The van der Waals surface area contributed by atoms with Gasteiger partial charge >= 0.3 is 0 Å². The van der Waals surface area contributed by atoms with Crippen molar-refractivity contribution in [1.82, 2.24) is 15.7 Å². The number of benzene rings is 1. The fraction of sp³-hybridized carbons (Fsp3) is 0.167. The van der Waals surface area contributed by atoms with Gasteiger partial charge in [0.1, 0.15) is 5.69 Å². The predicted molar refractivity (Wildman–Crippen MR) is 66.7 cm³/mol. The van der Waals surface area contributed by atoms with Crippen LogP contribution in [0.15, 0.2) is 27.9 Å². The Bertz CT molecular complexity index is 680. The van der Waals surface area contributed by atoms with Crippen molar-refractivity contribution in [2.24, 2.45) is 5.10 Å². The van der Waals surface area contributed by atoms with E-state index in [0.717, 1.165) is 5.56 Å². The van der Waals surface area contributed by atoms with Gasteiger partial charge < -0.3 is 9.47 Å². The van der Waals surface area contributed by atoms with Crippen molar-refractivity contribution in [2.75, 3.05) is 6.79 Å². The quantitative estimate of drug-likeness (QED) is 0.658. The second-order valence-electron chi connectivity index (χ2n) is 4.01. The molecule has 0 saturated heterocycles. The average molecular weight is 274 g/mol. The lowest BCUT2D eigenvalue weighted by atomic mass is 10.2. The molecule has 1 aliphatic rings. The molecular weight excluding hydrogens is 264 g/mol. The molecule has 0 fully saturated rings. The molecule has 0 spiro atoms. The molecule has 0 atom stereocenters. The first-order valence-corrected chi connectivity index (χ1v) is 5.76. The number of ether oxygens (including phenoxy) is 2. The molecule has 1 aliphatic heterocycles. The number of aromatic nitrogens is 2. The Hall–Kier alpha value is -2.90. The third kappa shape index (κ3) is 2.30. The van der Waals surface area contributed by atoms with Gasteiger partial charge in [0.05, 0.1) is 6.21 Å². The smallest absolute Gasteiger partial charge is 0.295 e. The zero-order valence-corrected chi connectivity index (χ0v) is 10.5. The van der Waals surface area contributed by atoms with Gasteiger partial charge in [0.15, 0.2) is 17.2 Å². The highest BCUT2D eigenvalue weighted by molar-refractivity contribution is 5.93. The average Bonchev–Trinajstić information content (AvgIpc) is 3.06. The van der Waals surface area contributed by atoms with Crippen LogP contribution in [0.25, 0.3) is 0 Å². The second-order valence-corrected chi connectivity index (χ2v) is 4.01. The summed E-state index contributed by atoms with van der Waals surface area (Å²) in [6, 6.07) is 5.34. The van der Waals surface area contributed by atoms with Crippen LogP contribution in [0.1, 0.15) is 21.7 Å². The van der Waals surface area contributed by atoms with E-state index in [-0.39, 0.29) is 12.5 Å². The van der Waals surface area contributed by atoms with Crippen LogP contribution >= 0.6 is 0 Å². The molecule has 102 valence electrons. The van der Waals surface area contributed by atoms with E-state index in [1.807, 2.05) is 0 Å². The zero-order valence-electron chi connectivity index (χ0n) is 10.5. The summed E-state index contributed by atoms with van der Waals surface area (Å²) < 4.78 is 14.9. The van der Waals surface area contributed by atoms with Crippen molar-refractivity contribution >= 4 is 12.1 Å². The number of carbonyl (C=O) groups is 1. The van der Waals surface area contributed by atoms with E-state index in [9.17, 15) is 4.79 Å². The normalized spacial score (nSPS) is 12.8. The molecule has 0 saturated carbocycles. The van der Waals surface area contributed by atoms with Crippen molar-refractivity contribution in [1.29, 1.82) is 0 Å². The van der Waals surface area contributed by atoms with E-state index in [2.05, 4.69) is 25.5 Å². The minimum atomic E-state index is -0.485. The summed E-state index contributed by atoms with van der Waals surface area (Å²) in [6.07, 6.45) is 1.49. The monoisotopic (exact) mass is 274 g/mol. The van der Waals surface area contributed by atoms with Gasteiger partial charge in [0, 0.05) is 0 Å². The van der Waals surface area contributed by atoms with E-state index in [1.54, 1.807) is 25.1 Å². The number of hydrazone groups is 1. The maximum absolute atomic E-state index is 11.7. The van der Waals surface area contributed by atoms with Crippen molar-refractivity contribution in [2.45, 2.75) is 6.92 Å². The minimum Gasteiger partial charge on any atom is -0.454 e. The molecule has 0 unspecified atom stereocenters. The Morgan fingerprint density at radius 1 is 1.35 bits per heavy atom. The Morgan fingerprint density at radius 3 is 3.00 bits per heavy atom. The number of carbonyl (C=O) groups excluding carboxylic acids is 1. The van der Waals surface area contributed by atoms with Gasteiger partial charge in [-0.2, -0.15) is 5.10 Å². The number of aryl methyl sites for hydroxylation is 1. The molecule has 20 heavy (non-hydrogen) atoms. The summed E-state index contributed by atoms with van der Waals surface area (Å²) in [6.45, 7) is 1.83. The molecule has 1 aromatic heterocycles. The Kier molecular flexibility index (Phi) is 3.04. The number of amides is 1. The van der Waals surface area contributed by atoms with E-state index in [0.29, 0.717) is 17.2 Å². The van der Waals surface area contributed by atoms with Gasteiger partial charge in [-0.05, 0) is 35.8 Å². The van der Waals surface area contributed by atoms with Crippen LogP contribution in [-0.4, -0.2) is 29.2 Å². The molecule has 1 amide bonds. The highest BCUT2D eigenvalue weighted by Crippen LogP contribution is 2.31. The third-order valence-corrected chi connectivity index (χ3v) is 2.64. The van der Waals surface area contributed by atoms with E-state index in [1.165, 1.54) is 6.21 Å². The Balaban J connectivity index is 1.66. The number of nitrogens with one attached hydrogen (secondary N) is 1. The molecule has 0 aliphatic carbocycles. The Labute approximate surface area is 113 Å². The van der Waals surface area contributed by atoms with E-state index >= 15 is 0 Å². The maximum Gasteiger partial charge on any atom is 0.295 e. The van der Waals surface area contributed by atoms with Crippen molar-refractivity contribution < 1.29 is 18.9 Å². The highest BCUT2D eigenvalue weighted by Gasteiger charge is 2.14. The fourth-order valence-corrected chi connectivity index (χ4v) is 1.65. The summed E-state index contributed by atoms with van der Waals surface area (Å²) in [5, 5.41) is 10.8. The topological polar surface area (TPSA) is 98.8 Å². The molecule has 0 bridgehead atoms. The summed E-state index contributed by atoms with van der Waals surface area (Å²) in [7, 11) is 0. The van der Waals surface area contributed by atoms with Gasteiger partial charge in [-0.1, -0.05) is 5.16 Å². The molecule has 8 nitrogen and oxygen atoms in total. The number of nitrogens with zero attached hydrogens (tertiary/aromatic N) is 3. The minimum absolute atomic E-state index is 0.104. The SMILES string of the molecule is Cc1nonc1C(=O)NN=Cc1ccc2c(c1)OCO2. The molecule has 2 heterocycles. The molecular formula is C12H10N4O4. The Morgan fingerprint density at radius 2 is 2.20 bits per heavy atom. The van der Waals surface area contributed by atoms with Crippen LogP contribution in [0.4, 0.5) is 0 Å². The van der Waals surface area contributed by atoms with Crippen molar-refractivity contribution in [3.05, 3.63) is 35.2 Å². The first-order valence-electron chi connectivity index (χ1n) is 5.76. The van der Waals surface area contributed by atoms with E-state index < -0.39 is 5.91 Å². The van der Waals surface area contributed by atoms with Gasteiger partial charge in [0.25, 0.3) is 5.91 Å². The molecule has 3 rings (SSSR count). The number of hydrogen-bond donors (Lipinski definition) is 1. The zero-order chi connectivity index (χ0) is 13.9. The van der Waals surface area contributed by atoms with Gasteiger partial charge in [-0.25, -0.2) is 10.1 Å². The molecule has 1 N–H and O–H groups in total. The number of hydrogen-bond acceptors (Lipinski definition) is 7. The first-order chi connectivity index (χ1) is 9.74. The third-order valence-electron chi connectivity index (χ3n) is 2.64. The van der Waals surface area contributed by atoms with Crippen LogP contribution < -0.4 is 14.9 Å². The lowest BCUT2D eigenvalue weighted by Gasteiger charge is -1.98. The summed E-state index contributed by atoms with van der Waals surface area (Å²) >= 11 is 0. The predicted octanol–water partition coefficient (Wildman–Crippen LogP) is 0.871. The number of rotatable bonds is 3. The maximum atomic E-state index is 11.7. The van der Waals surface area contributed by atoms with Crippen LogP contribution in [0, 0.1) is 6.92 Å². The lowest BCUT2D eigenvalue weighted by molar-refractivity contribution is 0.0945. The van der Waals surface area contributed by atoms with Gasteiger partial charge in [0.2, 0.25) is 6.79 Å². The highest BCUT2D eigenvalue weighted by atomic mass is 16.7. The van der Waals surface area contributed by atoms with Crippen LogP contribution in [0.5, 0.6) is 11.5 Å². The van der Waals surface area contributed by atoms with Crippen LogP contribution in [-0.2, 0) is 0 Å². The molecule has 8 heteroatoms. The lowest BCUT2D eigenvalue weighted by Crippen LogP contribution is -2.19. The molecule has 0 radical (unpaired) electrons. The summed E-state index contributed by atoms with van der Waals surface area (Å²) in [5.41, 5.74) is 3.61. The van der Waals surface area contributed by atoms with Crippen LogP contribution in [0.3, 0.4) is 0 Å². The summed E-state index contributed by atoms with van der Waals surface area (Å²) in [4.78, 5) is 11.7. The summed E-state index contributed by atoms with van der Waals surface area (Å²) in [5.74, 6) is 0.855.